The Kier molecular flexibility index (Phi) is 8.10. The molecule has 0 saturated carbocycles. The maximum atomic E-state index is 13.6. The minimum atomic E-state index is -4.40. The molecule has 0 saturated heterocycles. The van der Waals surface area contributed by atoms with Crippen LogP contribution >= 0.6 is 22.7 Å². The zero-order valence-corrected chi connectivity index (χ0v) is 22.6. The lowest BCUT2D eigenvalue weighted by Crippen LogP contribution is -2.38. The van der Waals surface area contributed by atoms with Crippen LogP contribution in [0, 0.1) is 0 Å². The molecule has 0 aliphatic heterocycles. The zero-order chi connectivity index (χ0) is 25.8. The standard InChI is InChI=1S/C24H25N3O5S4/c1-2-15-35(28,29)27(20-7-4-3-5-8-20)22(21-17-34-24(25-21)23-9-6-14-33-23)16-18-10-12-19(13-11-18)26-36(30,31)32/h3-14,17,22,26H,2,15-16H2,1H3,(H,30,31,32)/t22-/m0/s1. The van der Waals surface area contributed by atoms with Gasteiger partial charge in [-0.2, -0.15) is 8.42 Å². The molecule has 0 amide bonds. The van der Waals surface area contributed by atoms with Gasteiger partial charge in [-0.05, 0) is 54.1 Å². The Morgan fingerprint density at radius 2 is 1.69 bits per heavy atom. The Balaban J connectivity index is 1.78. The van der Waals surface area contributed by atoms with Crippen LogP contribution in [0.2, 0.25) is 0 Å². The van der Waals surface area contributed by atoms with Crippen molar-refractivity contribution < 1.29 is 21.4 Å². The number of nitrogens with zero attached hydrogens (tertiary/aromatic N) is 2. The molecule has 190 valence electrons. The number of thiophene rings is 1. The SMILES string of the molecule is CCCS(=O)(=O)N(c1ccccc1)[C@@H](Cc1ccc(NS(=O)(=O)O)cc1)c1csc(-c2cccs2)n1. The summed E-state index contributed by atoms with van der Waals surface area (Å²) in [6, 6.07) is 18.7. The highest BCUT2D eigenvalue weighted by Gasteiger charge is 2.33. The van der Waals surface area contributed by atoms with E-state index in [0.717, 1.165) is 15.4 Å². The zero-order valence-electron chi connectivity index (χ0n) is 19.3. The Bertz CT molecular complexity index is 1480. The van der Waals surface area contributed by atoms with Crippen LogP contribution in [0.1, 0.15) is 30.6 Å². The highest BCUT2D eigenvalue weighted by atomic mass is 32.2. The van der Waals surface area contributed by atoms with Crippen molar-refractivity contribution in [1.82, 2.24) is 4.98 Å². The number of anilines is 2. The van der Waals surface area contributed by atoms with Gasteiger partial charge >= 0.3 is 10.3 Å². The van der Waals surface area contributed by atoms with Crippen LogP contribution in [0.4, 0.5) is 11.4 Å². The van der Waals surface area contributed by atoms with Crippen molar-refractivity contribution in [3.63, 3.8) is 0 Å². The fourth-order valence-corrected chi connectivity index (χ4v) is 7.65. The van der Waals surface area contributed by atoms with E-state index in [1.165, 1.54) is 27.8 Å². The van der Waals surface area contributed by atoms with E-state index in [9.17, 15) is 16.8 Å². The smallest absolute Gasteiger partial charge is 0.269 e. The molecule has 2 heterocycles. The first-order valence-corrected chi connectivity index (χ1v) is 15.9. The number of rotatable bonds is 11. The second-order valence-corrected chi connectivity index (χ2v) is 12.9. The third kappa shape index (κ3) is 6.51. The van der Waals surface area contributed by atoms with Crippen molar-refractivity contribution in [2.24, 2.45) is 0 Å². The maximum absolute atomic E-state index is 13.6. The molecule has 36 heavy (non-hydrogen) atoms. The number of hydrogen-bond acceptors (Lipinski definition) is 7. The van der Waals surface area contributed by atoms with Crippen LogP contribution in [-0.2, 0) is 26.7 Å². The number of thiazole rings is 1. The van der Waals surface area contributed by atoms with Gasteiger partial charge in [0.25, 0.3) is 0 Å². The van der Waals surface area contributed by atoms with E-state index in [-0.39, 0.29) is 11.4 Å². The molecule has 0 aliphatic rings. The van der Waals surface area contributed by atoms with Crippen LogP contribution in [0.5, 0.6) is 0 Å². The number of sulfonamides is 1. The molecular weight excluding hydrogens is 539 g/mol. The molecule has 0 unspecified atom stereocenters. The monoisotopic (exact) mass is 563 g/mol. The second-order valence-electron chi connectivity index (χ2n) is 8.00. The summed E-state index contributed by atoms with van der Waals surface area (Å²) in [5, 5.41) is 4.68. The van der Waals surface area contributed by atoms with Gasteiger partial charge in [-0.1, -0.05) is 43.3 Å². The van der Waals surface area contributed by atoms with Crippen molar-refractivity contribution in [2.45, 2.75) is 25.8 Å². The molecule has 4 aromatic rings. The van der Waals surface area contributed by atoms with Gasteiger partial charge in [0.05, 0.1) is 33.7 Å². The fraction of sp³-hybridized carbons (Fsp3) is 0.208. The Hall–Kier alpha value is -2.77. The molecule has 4 rings (SSSR count). The number of hydrogen-bond donors (Lipinski definition) is 2. The summed E-state index contributed by atoms with van der Waals surface area (Å²) >= 11 is 3.03. The number of nitrogens with one attached hydrogen (secondary N) is 1. The summed E-state index contributed by atoms with van der Waals surface area (Å²) < 4.78 is 61.9. The van der Waals surface area contributed by atoms with Gasteiger partial charge < -0.3 is 0 Å². The predicted octanol–water partition coefficient (Wildman–Crippen LogP) is 5.62. The number of aromatic nitrogens is 1. The highest BCUT2D eigenvalue weighted by molar-refractivity contribution is 7.92. The summed E-state index contributed by atoms with van der Waals surface area (Å²) in [7, 11) is -8.09. The first kappa shape index (κ1) is 26.3. The van der Waals surface area contributed by atoms with E-state index in [2.05, 4.69) is 0 Å². The summed E-state index contributed by atoms with van der Waals surface area (Å²) in [6.45, 7) is 1.83. The van der Waals surface area contributed by atoms with Crippen LogP contribution in [-0.4, -0.2) is 32.1 Å². The number of para-hydroxylation sites is 1. The van der Waals surface area contributed by atoms with Crippen LogP contribution < -0.4 is 9.03 Å². The lowest BCUT2D eigenvalue weighted by molar-refractivity contribution is 0.489. The van der Waals surface area contributed by atoms with E-state index in [1.54, 1.807) is 47.7 Å². The largest absolute Gasteiger partial charge is 0.357 e. The average Bonchev–Trinajstić information content (AvgIpc) is 3.52. The second kappa shape index (κ2) is 11.1. The predicted molar refractivity (Wildman–Crippen MR) is 146 cm³/mol. The normalized spacial score (nSPS) is 12.8. The molecule has 12 heteroatoms. The van der Waals surface area contributed by atoms with Gasteiger partial charge in [-0.3, -0.25) is 13.6 Å². The summed E-state index contributed by atoms with van der Waals surface area (Å²) in [6.07, 6.45) is 0.767. The summed E-state index contributed by atoms with van der Waals surface area (Å²) in [5.41, 5.74) is 2.16. The van der Waals surface area contributed by atoms with Crippen molar-refractivity contribution in [2.75, 3.05) is 14.8 Å². The lowest BCUT2D eigenvalue weighted by Gasteiger charge is -2.32. The fourth-order valence-electron chi connectivity index (χ4n) is 3.81. The molecule has 0 aliphatic carbocycles. The van der Waals surface area contributed by atoms with Gasteiger partial charge in [0, 0.05) is 5.38 Å². The average molecular weight is 564 g/mol. The minimum absolute atomic E-state index is 0.0163. The number of benzene rings is 2. The molecule has 0 spiro atoms. The first-order chi connectivity index (χ1) is 17.2. The van der Waals surface area contributed by atoms with Crippen molar-refractivity contribution in [3.05, 3.63) is 88.7 Å². The Morgan fingerprint density at radius 1 is 0.972 bits per heavy atom. The molecule has 0 bridgehead atoms. The molecule has 0 radical (unpaired) electrons. The van der Waals surface area contributed by atoms with Crippen LogP contribution in [0.15, 0.2) is 77.5 Å². The van der Waals surface area contributed by atoms with E-state index >= 15 is 0 Å². The third-order valence-electron chi connectivity index (χ3n) is 5.28. The van der Waals surface area contributed by atoms with Crippen LogP contribution in [0.25, 0.3) is 9.88 Å². The van der Waals surface area contributed by atoms with E-state index < -0.39 is 26.4 Å². The van der Waals surface area contributed by atoms with Crippen molar-refractivity contribution in [1.29, 1.82) is 0 Å². The first-order valence-electron chi connectivity index (χ1n) is 11.1. The molecule has 2 aromatic carbocycles. The molecule has 2 aromatic heterocycles. The summed E-state index contributed by atoms with van der Waals surface area (Å²) in [5.74, 6) is -0.0163. The van der Waals surface area contributed by atoms with Gasteiger partial charge in [0.1, 0.15) is 5.01 Å². The lowest BCUT2D eigenvalue weighted by atomic mass is 10.0. The summed E-state index contributed by atoms with van der Waals surface area (Å²) in [4.78, 5) is 5.84. The van der Waals surface area contributed by atoms with Gasteiger partial charge in [0.2, 0.25) is 10.0 Å². The Morgan fingerprint density at radius 3 is 2.31 bits per heavy atom. The topological polar surface area (TPSA) is 117 Å². The van der Waals surface area contributed by atoms with Gasteiger partial charge in [-0.15, -0.1) is 22.7 Å². The molecule has 0 fully saturated rings. The highest BCUT2D eigenvalue weighted by Crippen LogP contribution is 2.37. The quantitative estimate of drug-likeness (QED) is 0.229. The Labute approximate surface area is 219 Å². The molecule has 8 nitrogen and oxygen atoms in total. The van der Waals surface area contributed by atoms with Gasteiger partial charge in [-0.25, -0.2) is 13.4 Å². The van der Waals surface area contributed by atoms with Crippen molar-refractivity contribution >= 4 is 54.4 Å². The maximum Gasteiger partial charge on any atom is 0.357 e. The molecule has 2 N–H and O–H groups in total. The van der Waals surface area contributed by atoms with E-state index in [4.69, 9.17) is 9.54 Å². The third-order valence-corrected chi connectivity index (χ3v) is 9.66. The van der Waals surface area contributed by atoms with Crippen molar-refractivity contribution in [3.8, 4) is 9.88 Å². The van der Waals surface area contributed by atoms with E-state index in [1.807, 2.05) is 40.6 Å². The molecular formula is C24H25N3O5S4. The van der Waals surface area contributed by atoms with Crippen LogP contribution in [0.3, 0.4) is 0 Å². The van der Waals surface area contributed by atoms with Gasteiger partial charge in [0.15, 0.2) is 0 Å². The molecule has 1 atom stereocenters. The van der Waals surface area contributed by atoms with E-state index in [0.29, 0.717) is 24.2 Å². The minimum Gasteiger partial charge on any atom is -0.269 e.